The van der Waals surface area contributed by atoms with Crippen LogP contribution in [0.15, 0.2) is 0 Å². The maximum atomic E-state index is 11.6. The minimum Gasteiger partial charge on any atom is -0.452 e. The summed E-state index contributed by atoms with van der Waals surface area (Å²) in [7, 11) is 1.32. The third kappa shape index (κ3) is 2.31. The van der Waals surface area contributed by atoms with E-state index in [9.17, 15) is 4.79 Å². The van der Waals surface area contributed by atoms with Crippen molar-refractivity contribution in [3.8, 4) is 6.07 Å². The number of rotatable bonds is 3. The Morgan fingerprint density at radius 1 is 1.69 bits per heavy atom. The molecule has 6 heteroatoms. The average molecular weight is 239 g/mol. The van der Waals surface area contributed by atoms with Crippen molar-refractivity contribution in [2.45, 2.75) is 20.3 Å². The van der Waals surface area contributed by atoms with Gasteiger partial charge in [-0.15, -0.1) is 0 Å². The van der Waals surface area contributed by atoms with Gasteiger partial charge < -0.3 is 4.74 Å². The Morgan fingerprint density at radius 2 is 2.38 bits per heavy atom. The minimum atomic E-state index is -0.456. The molecule has 0 aliphatic carbocycles. The first-order valence-electron chi connectivity index (χ1n) is 4.87. The number of nitrogens with zero attached hydrogens (tertiary/aromatic N) is 3. The Balaban J connectivity index is 3.11. The van der Waals surface area contributed by atoms with E-state index in [0.29, 0.717) is 22.8 Å². The van der Waals surface area contributed by atoms with Crippen LogP contribution < -0.4 is 4.90 Å². The smallest absolute Gasteiger partial charge is 0.414 e. The topological polar surface area (TPSA) is 66.2 Å². The van der Waals surface area contributed by atoms with E-state index in [2.05, 4.69) is 15.2 Å². The zero-order chi connectivity index (χ0) is 12.1. The van der Waals surface area contributed by atoms with E-state index in [1.165, 1.54) is 12.0 Å². The Kier molecular flexibility index (Phi) is 4.26. The first-order chi connectivity index (χ1) is 7.65. The van der Waals surface area contributed by atoms with Crippen molar-refractivity contribution < 1.29 is 9.53 Å². The highest BCUT2D eigenvalue weighted by Gasteiger charge is 2.22. The second kappa shape index (κ2) is 5.47. The van der Waals surface area contributed by atoms with E-state index < -0.39 is 6.09 Å². The molecule has 1 aromatic rings. The molecule has 0 radical (unpaired) electrons. The van der Waals surface area contributed by atoms with Crippen LogP contribution in [-0.2, 0) is 4.74 Å². The molecule has 0 N–H and O–H groups in total. The van der Waals surface area contributed by atoms with Gasteiger partial charge in [0, 0.05) is 6.54 Å². The Bertz CT molecular complexity index is 422. The number of hydrogen-bond donors (Lipinski definition) is 0. The molecular weight excluding hydrogens is 226 g/mol. The monoisotopic (exact) mass is 239 g/mol. The summed E-state index contributed by atoms with van der Waals surface area (Å²) in [4.78, 5) is 13.0. The van der Waals surface area contributed by atoms with Crippen molar-refractivity contribution in [2.75, 3.05) is 18.6 Å². The highest BCUT2D eigenvalue weighted by atomic mass is 32.1. The predicted octanol–water partition coefficient (Wildman–Crippen LogP) is 2.31. The van der Waals surface area contributed by atoms with Gasteiger partial charge in [0.1, 0.15) is 16.6 Å². The SMILES string of the molecule is CCCN(C(=O)OC)c1snc(C)c1C#N. The lowest BCUT2D eigenvalue weighted by molar-refractivity contribution is 0.179. The largest absolute Gasteiger partial charge is 0.452 e. The van der Waals surface area contributed by atoms with Crippen LogP contribution in [0.5, 0.6) is 0 Å². The number of hydrogen-bond acceptors (Lipinski definition) is 5. The second-order valence-electron chi connectivity index (χ2n) is 3.18. The maximum absolute atomic E-state index is 11.6. The first-order valence-corrected chi connectivity index (χ1v) is 5.64. The van der Waals surface area contributed by atoms with Gasteiger partial charge in [-0.05, 0) is 24.9 Å². The Hall–Kier alpha value is -1.61. The average Bonchev–Trinajstić information content (AvgIpc) is 2.66. The van der Waals surface area contributed by atoms with E-state index in [1.54, 1.807) is 6.92 Å². The number of nitriles is 1. The van der Waals surface area contributed by atoms with Crippen LogP contribution in [0.1, 0.15) is 24.6 Å². The zero-order valence-corrected chi connectivity index (χ0v) is 10.3. The molecule has 0 unspecified atom stereocenters. The Labute approximate surface area is 98.4 Å². The highest BCUT2D eigenvalue weighted by molar-refractivity contribution is 7.10. The van der Waals surface area contributed by atoms with Crippen molar-refractivity contribution in [1.29, 1.82) is 5.26 Å². The van der Waals surface area contributed by atoms with E-state index in [1.807, 2.05) is 6.92 Å². The molecule has 1 aromatic heterocycles. The predicted molar refractivity (Wildman–Crippen MR) is 61.6 cm³/mol. The van der Waals surface area contributed by atoms with Crippen LogP contribution in [0, 0.1) is 18.3 Å². The van der Waals surface area contributed by atoms with Gasteiger partial charge in [0.15, 0.2) is 0 Å². The second-order valence-corrected chi connectivity index (χ2v) is 3.93. The summed E-state index contributed by atoms with van der Waals surface area (Å²) in [5.41, 5.74) is 1.09. The molecule has 0 saturated heterocycles. The van der Waals surface area contributed by atoms with Crippen LogP contribution in [0.3, 0.4) is 0 Å². The van der Waals surface area contributed by atoms with Crippen LogP contribution in [0.2, 0.25) is 0 Å². The van der Waals surface area contributed by atoms with E-state index in [4.69, 9.17) is 5.26 Å². The highest BCUT2D eigenvalue weighted by Crippen LogP contribution is 2.28. The van der Waals surface area contributed by atoms with Gasteiger partial charge in [0.05, 0.1) is 12.8 Å². The summed E-state index contributed by atoms with van der Waals surface area (Å²) in [6, 6.07) is 2.06. The minimum absolute atomic E-state index is 0.448. The molecule has 0 aliphatic heterocycles. The van der Waals surface area contributed by atoms with Gasteiger partial charge in [-0.1, -0.05) is 6.92 Å². The van der Waals surface area contributed by atoms with Crippen molar-refractivity contribution in [3.63, 3.8) is 0 Å². The molecule has 1 amide bonds. The molecule has 0 aliphatic rings. The fourth-order valence-electron chi connectivity index (χ4n) is 1.28. The summed E-state index contributed by atoms with van der Waals surface area (Å²) < 4.78 is 8.76. The number of aromatic nitrogens is 1. The number of aryl methyl sites for hydroxylation is 1. The maximum Gasteiger partial charge on any atom is 0.414 e. The lowest BCUT2D eigenvalue weighted by atomic mass is 10.2. The van der Waals surface area contributed by atoms with Crippen LogP contribution in [0.4, 0.5) is 9.80 Å². The van der Waals surface area contributed by atoms with E-state index >= 15 is 0 Å². The van der Waals surface area contributed by atoms with Crippen LogP contribution in [0.25, 0.3) is 0 Å². The molecule has 0 saturated carbocycles. The van der Waals surface area contributed by atoms with Crippen molar-refractivity contribution in [3.05, 3.63) is 11.3 Å². The summed E-state index contributed by atoms with van der Waals surface area (Å²) >= 11 is 1.15. The number of amides is 1. The molecule has 16 heavy (non-hydrogen) atoms. The van der Waals surface area contributed by atoms with Gasteiger partial charge in [-0.3, -0.25) is 4.90 Å². The van der Waals surface area contributed by atoms with Crippen molar-refractivity contribution in [1.82, 2.24) is 4.37 Å². The first kappa shape index (κ1) is 12.5. The summed E-state index contributed by atoms with van der Waals surface area (Å²) in [6.45, 7) is 4.22. The zero-order valence-electron chi connectivity index (χ0n) is 9.48. The number of carbonyl (C=O) groups excluding carboxylic acids is 1. The third-order valence-corrected chi connectivity index (χ3v) is 3.01. The standard InChI is InChI=1S/C10H13N3O2S/c1-4-5-13(10(14)15-3)9-8(6-11)7(2)12-16-9/h4-5H2,1-3H3. The van der Waals surface area contributed by atoms with Gasteiger partial charge in [-0.25, -0.2) is 4.79 Å². The number of carbonyl (C=O) groups is 1. The van der Waals surface area contributed by atoms with Crippen LogP contribution in [-0.4, -0.2) is 24.1 Å². The van der Waals surface area contributed by atoms with Gasteiger partial charge in [0.2, 0.25) is 0 Å². The molecule has 0 aromatic carbocycles. The molecule has 86 valence electrons. The van der Waals surface area contributed by atoms with E-state index in [0.717, 1.165) is 18.0 Å². The van der Waals surface area contributed by atoms with Crippen molar-refractivity contribution in [2.24, 2.45) is 0 Å². The van der Waals surface area contributed by atoms with E-state index in [-0.39, 0.29) is 0 Å². The van der Waals surface area contributed by atoms with Crippen LogP contribution >= 0.6 is 11.5 Å². The number of methoxy groups -OCH3 is 1. The molecule has 5 nitrogen and oxygen atoms in total. The Morgan fingerprint density at radius 3 is 2.88 bits per heavy atom. The summed E-state index contributed by atoms with van der Waals surface area (Å²) in [5.74, 6) is 0. The van der Waals surface area contributed by atoms with Crippen molar-refractivity contribution >= 4 is 22.6 Å². The molecule has 1 heterocycles. The number of anilines is 1. The lowest BCUT2D eigenvalue weighted by Crippen LogP contribution is -2.31. The molecule has 0 atom stereocenters. The molecule has 1 rings (SSSR count). The molecule has 0 fully saturated rings. The number of ether oxygens (including phenoxy) is 1. The van der Waals surface area contributed by atoms with Gasteiger partial charge in [-0.2, -0.15) is 9.64 Å². The lowest BCUT2D eigenvalue weighted by Gasteiger charge is -2.18. The third-order valence-electron chi connectivity index (χ3n) is 2.04. The quantitative estimate of drug-likeness (QED) is 0.811. The fourth-order valence-corrected chi connectivity index (χ4v) is 2.14. The molecule has 0 bridgehead atoms. The fraction of sp³-hybridized carbons (Fsp3) is 0.500. The summed E-state index contributed by atoms with van der Waals surface area (Å²) in [6.07, 6.45) is 0.332. The van der Waals surface area contributed by atoms with Gasteiger partial charge >= 0.3 is 6.09 Å². The molecule has 0 spiro atoms. The summed E-state index contributed by atoms with van der Waals surface area (Å²) in [5, 5.41) is 9.56. The normalized spacial score (nSPS) is 9.62. The molecular formula is C10H13N3O2S. The van der Waals surface area contributed by atoms with Gasteiger partial charge in [0.25, 0.3) is 0 Å².